The molecule has 0 unspecified atom stereocenters. The zero-order valence-corrected chi connectivity index (χ0v) is 16.6. The largest absolute Gasteiger partial charge is 0.495 e. The second-order valence-electron chi connectivity index (χ2n) is 5.47. The minimum Gasteiger partial charge on any atom is -0.495 e. The Labute approximate surface area is 163 Å². The summed E-state index contributed by atoms with van der Waals surface area (Å²) in [4.78, 5) is 11.8. The van der Waals surface area contributed by atoms with E-state index >= 15 is 0 Å². The van der Waals surface area contributed by atoms with Crippen molar-refractivity contribution in [3.8, 4) is 5.75 Å². The molecule has 0 saturated carbocycles. The average molecular weight is 413 g/mol. The molecule has 0 aliphatic carbocycles. The summed E-state index contributed by atoms with van der Waals surface area (Å²) < 4.78 is 38.3. The highest BCUT2D eigenvalue weighted by Gasteiger charge is 2.21. The van der Waals surface area contributed by atoms with Crippen molar-refractivity contribution in [3.63, 3.8) is 0 Å². The molecule has 0 spiro atoms. The lowest BCUT2D eigenvalue weighted by Crippen LogP contribution is -2.17. The topological polar surface area (TPSA) is 93.7 Å². The lowest BCUT2D eigenvalue weighted by molar-refractivity contribution is -0.117. The third-order valence-electron chi connectivity index (χ3n) is 3.51. The monoisotopic (exact) mass is 412 g/mol. The van der Waals surface area contributed by atoms with Gasteiger partial charge in [-0.3, -0.25) is 9.52 Å². The first kappa shape index (κ1) is 21.0. The zero-order valence-electron chi connectivity index (χ0n) is 15.0. The molecule has 146 valence electrons. The summed E-state index contributed by atoms with van der Waals surface area (Å²) in [6.45, 7) is 2.66. The number of carbonyl (C=O) groups excluding carboxylic acids is 1. The molecule has 2 rings (SSSR count). The summed E-state index contributed by atoms with van der Waals surface area (Å²) in [5.41, 5.74) is 0.696. The maximum Gasteiger partial charge on any atom is 0.265 e. The van der Waals surface area contributed by atoms with Crippen LogP contribution in [0.2, 0.25) is 5.02 Å². The van der Waals surface area contributed by atoms with Gasteiger partial charge in [0.2, 0.25) is 5.91 Å². The van der Waals surface area contributed by atoms with Crippen molar-refractivity contribution < 1.29 is 22.7 Å². The van der Waals surface area contributed by atoms with Crippen molar-refractivity contribution in [2.45, 2.75) is 18.2 Å². The fraction of sp³-hybridized carbons (Fsp3) is 0.278. The van der Waals surface area contributed by atoms with E-state index in [-0.39, 0.29) is 23.0 Å². The van der Waals surface area contributed by atoms with Gasteiger partial charge < -0.3 is 14.8 Å². The molecule has 1 amide bonds. The van der Waals surface area contributed by atoms with E-state index in [4.69, 9.17) is 21.1 Å². The number of anilines is 2. The number of amides is 1. The SMILES string of the molecule is CCOCCC(=O)Nc1ccc(OC)c(S(=O)(=O)Nc2ccc(Cl)cc2)c1. The Morgan fingerprint density at radius 2 is 1.78 bits per heavy atom. The second kappa shape index (κ2) is 9.59. The van der Waals surface area contributed by atoms with Crippen LogP contribution in [0.15, 0.2) is 47.4 Å². The smallest absolute Gasteiger partial charge is 0.265 e. The summed E-state index contributed by atoms with van der Waals surface area (Å²) in [6.07, 6.45) is 0.172. The van der Waals surface area contributed by atoms with Gasteiger partial charge in [0.05, 0.1) is 20.1 Å². The Morgan fingerprint density at radius 1 is 1.11 bits per heavy atom. The van der Waals surface area contributed by atoms with Gasteiger partial charge in [0.1, 0.15) is 10.6 Å². The van der Waals surface area contributed by atoms with E-state index in [1.54, 1.807) is 30.3 Å². The quantitative estimate of drug-likeness (QED) is 0.614. The number of sulfonamides is 1. The van der Waals surface area contributed by atoms with Crippen LogP contribution in [-0.2, 0) is 19.6 Å². The molecular weight excluding hydrogens is 392 g/mol. The van der Waals surface area contributed by atoms with E-state index in [1.165, 1.54) is 19.2 Å². The van der Waals surface area contributed by atoms with Crippen LogP contribution in [0.4, 0.5) is 11.4 Å². The molecule has 2 aromatic carbocycles. The number of nitrogens with one attached hydrogen (secondary N) is 2. The molecule has 0 bridgehead atoms. The molecule has 2 N–H and O–H groups in total. The number of benzene rings is 2. The fourth-order valence-corrected chi connectivity index (χ4v) is 3.61. The van der Waals surface area contributed by atoms with Crippen LogP contribution in [0, 0.1) is 0 Å². The first-order valence-corrected chi connectivity index (χ1v) is 10.1. The summed E-state index contributed by atoms with van der Waals surface area (Å²) in [5, 5.41) is 3.14. The molecule has 9 heteroatoms. The highest BCUT2D eigenvalue weighted by atomic mass is 35.5. The molecule has 27 heavy (non-hydrogen) atoms. The highest BCUT2D eigenvalue weighted by molar-refractivity contribution is 7.92. The molecule has 0 saturated heterocycles. The summed E-state index contributed by atoms with van der Waals surface area (Å²) in [7, 11) is -2.57. The molecule has 0 radical (unpaired) electrons. The molecule has 0 heterocycles. The lowest BCUT2D eigenvalue weighted by atomic mass is 10.3. The number of methoxy groups -OCH3 is 1. The van der Waals surface area contributed by atoms with Crippen molar-refractivity contribution >= 4 is 38.9 Å². The Morgan fingerprint density at radius 3 is 2.41 bits per heavy atom. The summed E-state index contributed by atoms with van der Waals surface area (Å²) >= 11 is 5.82. The maximum absolute atomic E-state index is 12.8. The Bertz CT molecular complexity index is 885. The minimum atomic E-state index is -3.94. The molecule has 0 aliphatic rings. The van der Waals surface area contributed by atoms with Gasteiger partial charge in [-0.15, -0.1) is 0 Å². The van der Waals surface area contributed by atoms with Crippen LogP contribution in [0.5, 0.6) is 5.75 Å². The van der Waals surface area contributed by atoms with Gasteiger partial charge in [-0.1, -0.05) is 11.6 Å². The number of halogens is 1. The number of hydrogen-bond acceptors (Lipinski definition) is 5. The molecule has 0 aromatic heterocycles. The van der Waals surface area contributed by atoms with E-state index in [0.717, 1.165) is 0 Å². The van der Waals surface area contributed by atoms with Crippen LogP contribution in [0.3, 0.4) is 0 Å². The molecule has 0 fully saturated rings. The van der Waals surface area contributed by atoms with Crippen molar-refractivity contribution in [2.75, 3.05) is 30.4 Å². The third kappa shape index (κ3) is 6.13. The Hall–Kier alpha value is -2.29. The molecule has 0 aliphatic heterocycles. The standard InChI is InChI=1S/C18H21ClN2O5S/c1-3-26-11-10-18(22)20-15-8-9-16(25-2)17(12-15)27(23,24)21-14-6-4-13(19)5-7-14/h4-9,12,21H,3,10-11H2,1-2H3,(H,20,22). The van der Waals surface area contributed by atoms with Gasteiger partial charge in [0, 0.05) is 23.0 Å². The van der Waals surface area contributed by atoms with Gasteiger partial charge in [-0.2, -0.15) is 0 Å². The number of hydrogen-bond donors (Lipinski definition) is 2. The minimum absolute atomic E-state index is 0.0949. The van der Waals surface area contributed by atoms with Crippen molar-refractivity contribution in [1.82, 2.24) is 0 Å². The number of carbonyl (C=O) groups is 1. The highest BCUT2D eigenvalue weighted by Crippen LogP contribution is 2.29. The van der Waals surface area contributed by atoms with Crippen molar-refractivity contribution in [2.24, 2.45) is 0 Å². The van der Waals surface area contributed by atoms with Crippen molar-refractivity contribution in [1.29, 1.82) is 0 Å². The predicted octanol–water partition coefficient (Wildman–Crippen LogP) is 3.51. The molecular formula is C18H21ClN2O5S. The van der Waals surface area contributed by atoms with Crippen LogP contribution in [0.1, 0.15) is 13.3 Å². The summed E-state index contributed by atoms with van der Waals surface area (Å²) in [6, 6.07) is 10.6. The third-order valence-corrected chi connectivity index (χ3v) is 5.17. The fourth-order valence-electron chi connectivity index (χ4n) is 2.23. The molecule has 2 aromatic rings. The lowest BCUT2D eigenvalue weighted by Gasteiger charge is -2.14. The van der Waals surface area contributed by atoms with E-state index in [9.17, 15) is 13.2 Å². The van der Waals surface area contributed by atoms with Crippen LogP contribution < -0.4 is 14.8 Å². The average Bonchev–Trinajstić information content (AvgIpc) is 2.63. The van der Waals surface area contributed by atoms with Crippen LogP contribution in [-0.4, -0.2) is 34.6 Å². The van der Waals surface area contributed by atoms with Gasteiger partial charge in [0.25, 0.3) is 10.0 Å². The predicted molar refractivity (Wildman–Crippen MR) is 105 cm³/mol. The van der Waals surface area contributed by atoms with Crippen LogP contribution in [0.25, 0.3) is 0 Å². The normalized spacial score (nSPS) is 11.1. The summed E-state index contributed by atoms with van der Waals surface area (Å²) in [5.74, 6) is -0.119. The van der Waals surface area contributed by atoms with E-state index < -0.39 is 10.0 Å². The Kier molecular flexibility index (Phi) is 7.46. The first-order valence-electron chi connectivity index (χ1n) is 8.19. The Balaban J connectivity index is 2.23. The van der Waals surface area contributed by atoms with Crippen LogP contribution >= 0.6 is 11.6 Å². The van der Waals surface area contributed by atoms with E-state index in [1.807, 2.05) is 6.92 Å². The second-order valence-corrected chi connectivity index (χ2v) is 7.56. The first-order chi connectivity index (χ1) is 12.9. The van der Waals surface area contributed by atoms with Gasteiger partial charge in [-0.05, 0) is 49.4 Å². The van der Waals surface area contributed by atoms with Gasteiger partial charge in [-0.25, -0.2) is 8.42 Å². The molecule has 7 nitrogen and oxygen atoms in total. The number of rotatable bonds is 9. The number of ether oxygens (including phenoxy) is 2. The van der Waals surface area contributed by atoms with Crippen molar-refractivity contribution in [3.05, 3.63) is 47.5 Å². The van der Waals surface area contributed by atoms with E-state index in [0.29, 0.717) is 29.6 Å². The zero-order chi connectivity index (χ0) is 19.9. The molecule has 0 atom stereocenters. The maximum atomic E-state index is 12.8. The van der Waals surface area contributed by atoms with Gasteiger partial charge in [0.15, 0.2) is 0 Å². The van der Waals surface area contributed by atoms with E-state index in [2.05, 4.69) is 10.0 Å². The van der Waals surface area contributed by atoms with Gasteiger partial charge >= 0.3 is 0 Å².